The maximum Gasteiger partial charge on any atom is 0.319 e. The number of nitriles is 1. The van der Waals surface area contributed by atoms with Gasteiger partial charge in [-0.3, -0.25) is 9.80 Å². The van der Waals surface area contributed by atoms with Crippen LogP contribution < -0.4 is 20.1 Å². The predicted molar refractivity (Wildman–Crippen MR) is 186 cm³/mol. The Morgan fingerprint density at radius 3 is 2.84 bits per heavy atom. The molecule has 4 aromatic rings. The summed E-state index contributed by atoms with van der Waals surface area (Å²) in [5.41, 5.74) is 5.58. The molecule has 9 nitrogen and oxygen atoms in total. The lowest BCUT2D eigenvalue weighted by Crippen LogP contribution is -2.43. The lowest BCUT2D eigenvalue weighted by Gasteiger charge is -2.35. The zero-order chi connectivity index (χ0) is 34.9. The van der Waals surface area contributed by atoms with Crippen molar-refractivity contribution in [2.75, 3.05) is 63.1 Å². The Labute approximate surface area is 295 Å². The van der Waals surface area contributed by atoms with Gasteiger partial charge in [0.1, 0.15) is 47.2 Å². The molecular weight excluding hydrogens is 694 g/mol. The van der Waals surface area contributed by atoms with Gasteiger partial charge in [-0.05, 0) is 44.4 Å². The van der Waals surface area contributed by atoms with Crippen LogP contribution >= 0.6 is 22.9 Å². The fraction of sp³-hybridized carbons (Fsp3) is 0.514. The molecule has 4 aliphatic rings. The van der Waals surface area contributed by atoms with E-state index in [0.29, 0.717) is 57.8 Å². The summed E-state index contributed by atoms with van der Waals surface area (Å²) in [7, 11) is 0. The van der Waals surface area contributed by atoms with Crippen LogP contribution in [0.3, 0.4) is 0 Å². The first-order valence-electron chi connectivity index (χ1n) is 17.0. The molecular formula is C35H36ClF4N7O2S. The van der Waals surface area contributed by atoms with Gasteiger partial charge in [0.05, 0.1) is 32.8 Å². The fourth-order valence-corrected chi connectivity index (χ4v) is 9.76. The van der Waals surface area contributed by atoms with E-state index in [1.54, 1.807) is 0 Å². The van der Waals surface area contributed by atoms with Crippen LogP contribution in [0.1, 0.15) is 44.6 Å². The summed E-state index contributed by atoms with van der Waals surface area (Å²) < 4.78 is 73.8. The van der Waals surface area contributed by atoms with Crippen molar-refractivity contribution in [2.24, 2.45) is 0 Å². The molecule has 3 saturated heterocycles. The van der Waals surface area contributed by atoms with E-state index in [9.17, 15) is 14.0 Å². The van der Waals surface area contributed by atoms with Gasteiger partial charge in [-0.1, -0.05) is 17.7 Å². The van der Waals surface area contributed by atoms with Crippen molar-refractivity contribution in [2.45, 2.75) is 63.0 Å². The normalized spacial score (nSPS) is 24.7. The first-order chi connectivity index (χ1) is 24.1. The quantitative estimate of drug-likeness (QED) is 0.213. The zero-order valence-electron chi connectivity index (χ0n) is 27.5. The van der Waals surface area contributed by atoms with E-state index in [2.05, 4.69) is 19.7 Å². The minimum atomic E-state index is -0.996. The van der Waals surface area contributed by atoms with Crippen LogP contribution in [0.4, 0.5) is 28.4 Å². The second-order valence-electron chi connectivity index (χ2n) is 13.9. The third kappa shape index (κ3) is 5.48. The molecule has 2 aromatic heterocycles. The summed E-state index contributed by atoms with van der Waals surface area (Å²) in [6.45, 7) is 5.03. The van der Waals surface area contributed by atoms with Crippen LogP contribution in [0.2, 0.25) is 5.02 Å². The molecule has 0 spiro atoms. The smallest absolute Gasteiger partial charge is 0.319 e. The van der Waals surface area contributed by atoms with Gasteiger partial charge in [0.25, 0.3) is 0 Å². The highest BCUT2D eigenvalue weighted by molar-refractivity contribution is 7.23. The average Bonchev–Trinajstić information content (AvgIpc) is 3.67. The van der Waals surface area contributed by atoms with Gasteiger partial charge in [-0.2, -0.15) is 15.2 Å². The molecule has 2 N–H and O–H groups in total. The standard InChI is InChI=1S/C35H36ClF4N7O2S/c1-18(37)15-45-9-5-20-6-12-48-30-26-29(28(40)25(27(30)36)21-3-4-23(39)31-24(21)22(14-41)32(42)50-31)43-34(44-33(26)47(20)11-10-45)49-17-35-7-2-8-46(35)16-19(38)13-35/h3-4,18-20H,2,5-13,15-17,42H2,1H3/t18?,19-,20?,35+/m1/s1. The van der Waals surface area contributed by atoms with Crippen molar-refractivity contribution in [3.8, 4) is 29.0 Å². The van der Waals surface area contributed by atoms with Crippen LogP contribution in [-0.4, -0.2) is 96.2 Å². The van der Waals surface area contributed by atoms with E-state index in [0.717, 1.165) is 30.7 Å². The van der Waals surface area contributed by atoms with Gasteiger partial charge in [0.2, 0.25) is 0 Å². The highest BCUT2D eigenvalue weighted by atomic mass is 35.5. The first kappa shape index (κ1) is 33.5. The molecule has 0 radical (unpaired) electrons. The molecule has 4 aliphatic heterocycles. The number of nitrogens with zero attached hydrogens (tertiary/aromatic N) is 6. The summed E-state index contributed by atoms with van der Waals surface area (Å²) >= 11 is 7.99. The van der Waals surface area contributed by atoms with Gasteiger partial charge >= 0.3 is 6.01 Å². The maximum atomic E-state index is 17.3. The van der Waals surface area contributed by atoms with E-state index in [4.69, 9.17) is 31.8 Å². The molecule has 0 bridgehead atoms. The second kappa shape index (κ2) is 12.8. The van der Waals surface area contributed by atoms with E-state index in [1.165, 1.54) is 19.1 Å². The Morgan fingerprint density at radius 2 is 2.04 bits per heavy atom. The van der Waals surface area contributed by atoms with Crippen LogP contribution in [0.25, 0.3) is 32.1 Å². The van der Waals surface area contributed by atoms with Crippen molar-refractivity contribution in [1.29, 1.82) is 5.26 Å². The molecule has 2 unspecified atom stereocenters. The lowest BCUT2D eigenvalue weighted by atomic mass is 9.95. The number of rotatable bonds is 6. The molecule has 2 aromatic carbocycles. The van der Waals surface area contributed by atoms with Crippen molar-refractivity contribution in [3.63, 3.8) is 0 Å². The number of aromatic nitrogens is 2. The number of fused-ring (bicyclic) bond motifs is 4. The Morgan fingerprint density at radius 1 is 1.20 bits per heavy atom. The fourth-order valence-electron chi connectivity index (χ4n) is 8.48. The molecule has 6 heterocycles. The van der Waals surface area contributed by atoms with Gasteiger partial charge in [-0.15, -0.1) is 11.3 Å². The first-order valence-corrected chi connectivity index (χ1v) is 18.2. The zero-order valence-corrected chi connectivity index (χ0v) is 29.0. The van der Waals surface area contributed by atoms with Gasteiger partial charge < -0.3 is 20.1 Å². The SMILES string of the molecule is CC(F)CN1CCC2CCOc3c(Cl)c(-c4ccc(F)c5sc(N)c(C#N)c45)c(F)c4nc(OC[C@@]56CCCN5C[C@H](F)C6)nc(c34)N2CC1. The molecule has 264 valence electrons. The molecule has 4 atom stereocenters. The number of nitrogen functional groups attached to an aromatic ring is 1. The van der Waals surface area contributed by atoms with Gasteiger partial charge in [0.15, 0.2) is 11.6 Å². The predicted octanol–water partition coefficient (Wildman–Crippen LogP) is 6.87. The molecule has 50 heavy (non-hydrogen) atoms. The van der Waals surface area contributed by atoms with Gasteiger partial charge in [0, 0.05) is 62.6 Å². The van der Waals surface area contributed by atoms with Crippen LogP contribution in [-0.2, 0) is 0 Å². The van der Waals surface area contributed by atoms with Gasteiger partial charge in [-0.25, -0.2) is 17.6 Å². The van der Waals surface area contributed by atoms with Crippen molar-refractivity contribution in [1.82, 2.24) is 19.8 Å². The summed E-state index contributed by atoms with van der Waals surface area (Å²) in [5.74, 6) is -0.883. The van der Waals surface area contributed by atoms with Crippen molar-refractivity contribution >= 4 is 54.7 Å². The number of anilines is 2. The summed E-state index contributed by atoms with van der Waals surface area (Å²) in [6.07, 6.45) is 1.34. The maximum absolute atomic E-state index is 17.3. The number of hydrogen-bond donors (Lipinski definition) is 1. The van der Waals surface area contributed by atoms with Crippen LogP contribution in [0, 0.1) is 23.0 Å². The molecule has 0 amide bonds. The second-order valence-corrected chi connectivity index (χ2v) is 15.3. The third-order valence-electron chi connectivity index (χ3n) is 10.7. The number of benzene rings is 2. The highest BCUT2D eigenvalue weighted by Gasteiger charge is 2.49. The molecule has 0 saturated carbocycles. The minimum absolute atomic E-state index is 0.0220. The summed E-state index contributed by atoms with van der Waals surface area (Å²) in [5, 5.41) is 10.4. The highest BCUT2D eigenvalue weighted by Crippen LogP contribution is 2.51. The largest absolute Gasteiger partial charge is 0.491 e. The Bertz CT molecular complexity index is 2040. The van der Waals surface area contributed by atoms with Crippen molar-refractivity contribution < 1.29 is 27.0 Å². The number of alkyl halides is 2. The van der Waals surface area contributed by atoms with E-state index in [1.807, 2.05) is 6.07 Å². The van der Waals surface area contributed by atoms with E-state index < -0.39 is 29.5 Å². The Hall–Kier alpha value is -3.64. The number of hydrogen-bond acceptors (Lipinski definition) is 10. The Balaban J connectivity index is 1.33. The van der Waals surface area contributed by atoms with Crippen molar-refractivity contribution in [3.05, 3.63) is 34.4 Å². The summed E-state index contributed by atoms with van der Waals surface area (Å²) in [4.78, 5) is 15.8. The number of nitrogens with two attached hydrogens (primary N) is 1. The van der Waals surface area contributed by atoms with E-state index >= 15 is 8.78 Å². The van der Waals surface area contributed by atoms with Crippen LogP contribution in [0.15, 0.2) is 12.1 Å². The Kier molecular flexibility index (Phi) is 8.61. The lowest BCUT2D eigenvalue weighted by molar-refractivity contribution is 0.107. The number of thiophene rings is 1. The van der Waals surface area contributed by atoms with Crippen LogP contribution in [0.5, 0.6) is 11.8 Å². The molecule has 3 fully saturated rings. The topological polar surface area (TPSA) is 104 Å². The molecule has 0 aliphatic carbocycles. The monoisotopic (exact) mass is 729 g/mol. The molecule has 8 rings (SSSR count). The van der Waals surface area contributed by atoms with E-state index in [-0.39, 0.29) is 78.7 Å². The summed E-state index contributed by atoms with van der Waals surface area (Å²) in [6, 6.07) is 4.46. The number of halogens is 5. The third-order valence-corrected chi connectivity index (χ3v) is 12.1. The average molecular weight is 730 g/mol. The number of ether oxygens (including phenoxy) is 2. The minimum Gasteiger partial charge on any atom is -0.491 e. The molecule has 15 heteroatoms.